The molecule has 8 heteroatoms. The van der Waals surface area contributed by atoms with Gasteiger partial charge < -0.3 is 9.64 Å². The fourth-order valence-electron chi connectivity index (χ4n) is 1.92. The number of carbonyl (C=O) groups excluding carboxylic acids is 2. The molecule has 1 atom stereocenters. The average Bonchev–Trinajstić information content (AvgIpc) is 2.76. The first-order valence-corrected chi connectivity index (χ1v) is 7.80. The second-order valence-electron chi connectivity index (χ2n) is 4.82. The summed E-state index contributed by atoms with van der Waals surface area (Å²) < 4.78 is 31.7. The van der Waals surface area contributed by atoms with Crippen LogP contribution >= 0.6 is 0 Å². The molecule has 1 aliphatic heterocycles. The van der Waals surface area contributed by atoms with Crippen LogP contribution in [0.2, 0.25) is 0 Å². The van der Waals surface area contributed by atoms with Crippen molar-refractivity contribution in [3.63, 3.8) is 0 Å². The number of carbonyl (C=O) groups is 2. The highest BCUT2D eigenvalue weighted by molar-refractivity contribution is 7.89. The van der Waals surface area contributed by atoms with Crippen LogP contribution in [0.15, 0.2) is 29.2 Å². The molecule has 1 N–H and O–H groups in total. The first-order valence-electron chi connectivity index (χ1n) is 6.32. The molecule has 1 amide bonds. The molecule has 0 spiro atoms. The van der Waals surface area contributed by atoms with Gasteiger partial charge in [0.1, 0.15) is 6.10 Å². The molecule has 114 valence electrons. The van der Waals surface area contributed by atoms with Crippen molar-refractivity contribution in [1.82, 2.24) is 9.62 Å². The molecule has 1 aliphatic rings. The van der Waals surface area contributed by atoms with E-state index < -0.39 is 22.2 Å². The number of hydrogen-bond donors (Lipinski definition) is 1. The number of Topliss-reactive ketones (excluding diaryl/α,β-unsaturated/α-hetero) is 1. The Morgan fingerprint density at radius 3 is 2.76 bits per heavy atom. The third kappa shape index (κ3) is 3.59. The van der Waals surface area contributed by atoms with E-state index in [2.05, 4.69) is 4.72 Å². The standard InChI is InChI=1S/C13H16N2O5S/c1-9(16)10-4-3-5-12(6-10)21(18,19)14-7-11-8-15(2)13(17)20-11/h3-6,11,14H,7-8H2,1-2H3. The summed E-state index contributed by atoms with van der Waals surface area (Å²) >= 11 is 0. The van der Waals surface area contributed by atoms with E-state index in [-0.39, 0.29) is 17.2 Å². The summed E-state index contributed by atoms with van der Waals surface area (Å²) in [6.07, 6.45) is -0.994. The van der Waals surface area contributed by atoms with E-state index >= 15 is 0 Å². The SMILES string of the molecule is CC(=O)c1cccc(S(=O)(=O)NCC2CN(C)C(=O)O2)c1. The molecular weight excluding hydrogens is 296 g/mol. The summed E-state index contributed by atoms with van der Waals surface area (Å²) in [5, 5.41) is 0. The Hall–Kier alpha value is -1.93. The largest absolute Gasteiger partial charge is 0.443 e. The number of hydrogen-bond acceptors (Lipinski definition) is 5. The molecule has 1 heterocycles. The zero-order valence-corrected chi connectivity index (χ0v) is 12.5. The number of nitrogens with one attached hydrogen (secondary N) is 1. The molecular formula is C13H16N2O5S. The lowest BCUT2D eigenvalue weighted by molar-refractivity contribution is 0.101. The van der Waals surface area contributed by atoms with Gasteiger partial charge in [-0.3, -0.25) is 4.79 Å². The quantitative estimate of drug-likeness (QED) is 0.805. The molecule has 2 rings (SSSR count). The Balaban J connectivity index is 2.07. The summed E-state index contributed by atoms with van der Waals surface area (Å²) in [5.74, 6) is -0.210. The maximum atomic E-state index is 12.2. The summed E-state index contributed by atoms with van der Waals surface area (Å²) in [6.45, 7) is 1.69. The Morgan fingerprint density at radius 1 is 1.48 bits per heavy atom. The third-order valence-corrected chi connectivity index (χ3v) is 4.53. The van der Waals surface area contributed by atoms with Crippen molar-refractivity contribution < 1.29 is 22.7 Å². The van der Waals surface area contributed by atoms with Gasteiger partial charge in [-0.15, -0.1) is 0 Å². The predicted molar refractivity (Wildman–Crippen MR) is 74.5 cm³/mol. The zero-order valence-electron chi connectivity index (χ0n) is 11.7. The summed E-state index contributed by atoms with van der Waals surface area (Å²) in [5.41, 5.74) is 0.324. The van der Waals surface area contributed by atoms with Gasteiger partial charge in [-0.25, -0.2) is 17.9 Å². The van der Waals surface area contributed by atoms with Crippen molar-refractivity contribution in [2.75, 3.05) is 20.1 Å². The van der Waals surface area contributed by atoms with Gasteiger partial charge in [0.15, 0.2) is 5.78 Å². The number of nitrogens with zero attached hydrogens (tertiary/aromatic N) is 1. The zero-order chi connectivity index (χ0) is 15.6. The van der Waals surface area contributed by atoms with Crippen molar-refractivity contribution in [2.45, 2.75) is 17.9 Å². The number of likely N-dealkylation sites (N-methyl/N-ethyl adjacent to an activating group) is 1. The molecule has 0 bridgehead atoms. The Bertz CT molecular complexity index is 671. The van der Waals surface area contributed by atoms with Crippen LogP contribution in [0.5, 0.6) is 0 Å². The van der Waals surface area contributed by atoms with Crippen molar-refractivity contribution >= 4 is 21.9 Å². The first-order chi connectivity index (χ1) is 9.79. The number of ether oxygens (including phenoxy) is 1. The molecule has 21 heavy (non-hydrogen) atoms. The van der Waals surface area contributed by atoms with Crippen LogP contribution in [-0.4, -0.2) is 51.4 Å². The van der Waals surface area contributed by atoms with Gasteiger partial charge in [0.2, 0.25) is 10.0 Å². The minimum atomic E-state index is -3.75. The van der Waals surface area contributed by atoms with Crippen LogP contribution in [0.25, 0.3) is 0 Å². The summed E-state index contributed by atoms with van der Waals surface area (Å²) in [7, 11) is -2.17. The molecule has 0 aliphatic carbocycles. The Morgan fingerprint density at radius 2 is 2.19 bits per heavy atom. The van der Waals surface area contributed by atoms with Gasteiger partial charge >= 0.3 is 6.09 Å². The highest BCUT2D eigenvalue weighted by Gasteiger charge is 2.29. The summed E-state index contributed by atoms with van der Waals surface area (Å²) in [6, 6.07) is 5.78. The molecule has 0 aromatic heterocycles. The molecule has 0 saturated carbocycles. The van der Waals surface area contributed by atoms with E-state index in [4.69, 9.17) is 4.74 Å². The van der Waals surface area contributed by atoms with Crippen molar-refractivity contribution in [1.29, 1.82) is 0 Å². The molecule has 1 aromatic carbocycles. The molecule has 1 aromatic rings. The number of sulfonamides is 1. The summed E-state index contributed by atoms with van der Waals surface area (Å²) in [4.78, 5) is 23.9. The lowest BCUT2D eigenvalue weighted by Crippen LogP contribution is -2.34. The van der Waals surface area contributed by atoms with Gasteiger partial charge in [-0.05, 0) is 19.1 Å². The second kappa shape index (κ2) is 5.82. The highest BCUT2D eigenvalue weighted by Crippen LogP contribution is 2.13. The van der Waals surface area contributed by atoms with Gasteiger partial charge in [-0.2, -0.15) is 0 Å². The van der Waals surface area contributed by atoms with E-state index in [0.717, 1.165) is 0 Å². The van der Waals surface area contributed by atoms with Gasteiger partial charge in [0, 0.05) is 19.2 Å². The van der Waals surface area contributed by atoms with E-state index in [1.165, 1.54) is 30.0 Å². The third-order valence-electron chi connectivity index (χ3n) is 3.11. The van der Waals surface area contributed by atoms with Crippen LogP contribution in [0.4, 0.5) is 4.79 Å². The van der Waals surface area contributed by atoms with Crippen LogP contribution in [0.1, 0.15) is 17.3 Å². The van der Waals surface area contributed by atoms with Crippen molar-refractivity contribution in [2.24, 2.45) is 0 Å². The number of ketones is 1. The van der Waals surface area contributed by atoms with E-state index in [1.54, 1.807) is 13.1 Å². The highest BCUT2D eigenvalue weighted by atomic mass is 32.2. The number of amides is 1. The molecule has 7 nitrogen and oxygen atoms in total. The second-order valence-corrected chi connectivity index (χ2v) is 6.59. The normalized spacial score (nSPS) is 18.7. The monoisotopic (exact) mass is 312 g/mol. The number of cyclic esters (lactones) is 1. The average molecular weight is 312 g/mol. The fourth-order valence-corrected chi connectivity index (χ4v) is 3.04. The fraction of sp³-hybridized carbons (Fsp3) is 0.385. The Labute approximate surface area is 122 Å². The smallest absolute Gasteiger partial charge is 0.410 e. The molecule has 1 unspecified atom stereocenters. The van der Waals surface area contributed by atoms with E-state index in [0.29, 0.717) is 12.1 Å². The lowest BCUT2D eigenvalue weighted by atomic mass is 10.2. The van der Waals surface area contributed by atoms with Gasteiger partial charge in [0.05, 0.1) is 11.4 Å². The van der Waals surface area contributed by atoms with Crippen molar-refractivity contribution in [3.8, 4) is 0 Å². The van der Waals surface area contributed by atoms with Crippen LogP contribution in [0.3, 0.4) is 0 Å². The topological polar surface area (TPSA) is 92.8 Å². The Kier molecular flexibility index (Phi) is 4.29. The lowest BCUT2D eigenvalue weighted by Gasteiger charge is -2.11. The number of rotatable bonds is 5. The molecule has 0 radical (unpaired) electrons. The molecule has 1 saturated heterocycles. The minimum Gasteiger partial charge on any atom is -0.443 e. The van der Waals surface area contributed by atoms with Crippen LogP contribution in [-0.2, 0) is 14.8 Å². The van der Waals surface area contributed by atoms with Crippen molar-refractivity contribution in [3.05, 3.63) is 29.8 Å². The van der Waals surface area contributed by atoms with Crippen LogP contribution < -0.4 is 4.72 Å². The predicted octanol–water partition coefficient (Wildman–Crippen LogP) is 0.618. The number of benzene rings is 1. The van der Waals surface area contributed by atoms with E-state index in [9.17, 15) is 18.0 Å². The van der Waals surface area contributed by atoms with Gasteiger partial charge in [0.25, 0.3) is 0 Å². The maximum absolute atomic E-state index is 12.2. The van der Waals surface area contributed by atoms with Gasteiger partial charge in [-0.1, -0.05) is 12.1 Å². The maximum Gasteiger partial charge on any atom is 0.410 e. The first kappa shape index (κ1) is 15.5. The van der Waals surface area contributed by atoms with E-state index in [1.807, 2.05) is 0 Å². The minimum absolute atomic E-state index is 0.00729. The molecule has 1 fully saturated rings. The van der Waals surface area contributed by atoms with Crippen LogP contribution in [0, 0.1) is 0 Å².